The van der Waals surface area contributed by atoms with Crippen molar-refractivity contribution in [1.29, 1.82) is 0 Å². The predicted molar refractivity (Wildman–Crippen MR) is 149 cm³/mol. The lowest BCUT2D eigenvalue weighted by molar-refractivity contribution is 0.111. The van der Waals surface area contributed by atoms with Crippen LogP contribution < -0.4 is 0 Å². The maximum Gasteiger partial charge on any atom is 0.153 e. The summed E-state index contributed by atoms with van der Waals surface area (Å²) >= 11 is 6.78. The molecule has 0 aromatic heterocycles. The summed E-state index contributed by atoms with van der Waals surface area (Å²) in [5.74, 6) is 0.206. The van der Waals surface area contributed by atoms with Crippen LogP contribution in [0.3, 0.4) is 0 Å². The van der Waals surface area contributed by atoms with E-state index in [1.54, 1.807) is 18.2 Å². The molecule has 0 unspecified atom stereocenters. The molecular formula is C26H42ClIO4. The van der Waals surface area contributed by atoms with Gasteiger partial charge in [0.25, 0.3) is 0 Å². The highest BCUT2D eigenvalue weighted by Crippen LogP contribution is 2.34. The second-order valence-corrected chi connectivity index (χ2v) is 9.62. The number of hydrogen-bond acceptors (Lipinski definition) is 4. The predicted octanol–water partition coefficient (Wildman–Crippen LogP) is 8.37. The second kappa shape index (κ2) is 16.1. The standard InChI is InChI=1S/C11H13IO2.C11H14O2.CH3Cl.3CH4/c1-11(2,3)9-5-8(12)4-7(6-13)10(9)14;1-11(2,3)9-6-4-5-8(7-12)10(9)13;1-2;;;/h4-6,14H,1-3H3;4-7,13H,1-3H3;1H3;3*1H4. The first-order valence-electron chi connectivity index (χ1n) is 8.96. The summed E-state index contributed by atoms with van der Waals surface area (Å²) in [4.78, 5) is 21.2. The third kappa shape index (κ3) is 10.8. The van der Waals surface area contributed by atoms with Crippen molar-refractivity contribution in [3.63, 3.8) is 0 Å². The summed E-state index contributed by atoms with van der Waals surface area (Å²) in [7, 11) is 0. The van der Waals surface area contributed by atoms with Crippen molar-refractivity contribution in [3.05, 3.63) is 56.2 Å². The number of halogens is 2. The van der Waals surface area contributed by atoms with Gasteiger partial charge in [0.15, 0.2) is 12.6 Å². The molecule has 0 fully saturated rings. The average Bonchev–Trinajstić information content (AvgIpc) is 2.64. The van der Waals surface area contributed by atoms with Crippen LogP contribution in [0.5, 0.6) is 11.5 Å². The summed E-state index contributed by atoms with van der Waals surface area (Å²) in [5.41, 5.74) is 2.05. The lowest BCUT2D eigenvalue weighted by Crippen LogP contribution is -2.12. The van der Waals surface area contributed by atoms with Crippen molar-refractivity contribution in [3.8, 4) is 11.5 Å². The van der Waals surface area contributed by atoms with Crippen molar-refractivity contribution in [1.82, 2.24) is 0 Å². The number of aromatic hydroxyl groups is 2. The van der Waals surface area contributed by atoms with Gasteiger partial charge in [-0.2, -0.15) is 0 Å². The van der Waals surface area contributed by atoms with Crippen LogP contribution in [0.1, 0.15) is 95.7 Å². The zero-order valence-corrected chi connectivity index (χ0v) is 20.9. The maximum atomic E-state index is 10.7. The van der Waals surface area contributed by atoms with Crippen LogP contribution in [-0.2, 0) is 10.8 Å². The summed E-state index contributed by atoms with van der Waals surface area (Å²) in [6.07, 6.45) is 2.83. The van der Waals surface area contributed by atoms with Gasteiger partial charge < -0.3 is 10.2 Å². The number of aldehydes is 2. The summed E-state index contributed by atoms with van der Waals surface area (Å²) < 4.78 is 0.965. The Labute approximate surface area is 214 Å². The first kappa shape index (κ1) is 37.7. The fourth-order valence-electron chi connectivity index (χ4n) is 2.54. The Balaban J connectivity index is -0.000000209. The Bertz CT molecular complexity index is 835. The van der Waals surface area contributed by atoms with Crippen LogP contribution in [0.4, 0.5) is 0 Å². The maximum absolute atomic E-state index is 10.7. The van der Waals surface area contributed by atoms with Gasteiger partial charge in [0, 0.05) is 15.5 Å². The highest BCUT2D eigenvalue weighted by Gasteiger charge is 2.21. The number of benzene rings is 2. The normalized spacial score (nSPS) is 9.78. The molecule has 0 aliphatic heterocycles. The molecule has 0 aliphatic carbocycles. The molecule has 6 heteroatoms. The summed E-state index contributed by atoms with van der Waals surface area (Å²) in [6, 6.07) is 8.81. The minimum absolute atomic E-state index is 0. The van der Waals surface area contributed by atoms with Crippen molar-refractivity contribution in [2.45, 2.75) is 74.7 Å². The minimum atomic E-state index is -0.150. The number of phenols is 2. The molecule has 4 nitrogen and oxygen atoms in total. The van der Waals surface area contributed by atoms with E-state index in [2.05, 4.69) is 34.2 Å². The lowest BCUT2D eigenvalue weighted by atomic mass is 9.85. The zero-order valence-electron chi connectivity index (χ0n) is 18.0. The molecule has 0 atom stereocenters. The fourth-order valence-corrected chi connectivity index (χ4v) is 3.19. The summed E-state index contributed by atoms with van der Waals surface area (Å²) in [5, 5.41) is 19.5. The molecule has 0 spiro atoms. The topological polar surface area (TPSA) is 74.6 Å². The van der Waals surface area contributed by atoms with Gasteiger partial charge >= 0.3 is 0 Å². The largest absolute Gasteiger partial charge is 0.507 e. The molecule has 0 bridgehead atoms. The van der Waals surface area contributed by atoms with E-state index < -0.39 is 0 Å². The monoisotopic (exact) mass is 580 g/mol. The van der Waals surface area contributed by atoms with Gasteiger partial charge in [-0.15, -0.1) is 11.6 Å². The lowest BCUT2D eigenvalue weighted by Gasteiger charge is -2.21. The highest BCUT2D eigenvalue weighted by atomic mass is 127. The zero-order chi connectivity index (χ0) is 23.0. The molecular weight excluding hydrogens is 539 g/mol. The third-order valence-corrected chi connectivity index (χ3v) is 4.66. The smallest absolute Gasteiger partial charge is 0.153 e. The Morgan fingerprint density at radius 1 is 0.750 bits per heavy atom. The van der Waals surface area contributed by atoms with Gasteiger partial charge in [0.05, 0.1) is 11.1 Å². The van der Waals surface area contributed by atoms with Gasteiger partial charge in [0.2, 0.25) is 0 Å². The molecule has 0 heterocycles. The minimum Gasteiger partial charge on any atom is -0.507 e. The number of hydrogen-bond donors (Lipinski definition) is 2. The molecule has 0 saturated heterocycles. The van der Waals surface area contributed by atoms with Crippen LogP contribution in [0.15, 0.2) is 30.3 Å². The number of rotatable bonds is 2. The molecule has 2 rings (SSSR count). The van der Waals surface area contributed by atoms with Crippen LogP contribution >= 0.6 is 34.2 Å². The van der Waals surface area contributed by atoms with Crippen molar-refractivity contribution >= 4 is 46.8 Å². The fraction of sp³-hybridized carbons (Fsp3) is 0.462. The van der Waals surface area contributed by atoms with Gasteiger partial charge in [-0.3, -0.25) is 9.59 Å². The van der Waals surface area contributed by atoms with Crippen LogP contribution in [0.2, 0.25) is 0 Å². The van der Waals surface area contributed by atoms with Crippen molar-refractivity contribution in [2.24, 2.45) is 0 Å². The Hall–Kier alpha value is -1.60. The van der Waals surface area contributed by atoms with Gasteiger partial charge in [-0.1, -0.05) is 76.0 Å². The van der Waals surface area contributed by atoms with E-state index in [4.69, 9.17) is 0 Å². The van der Waals surface area contributed by atoms with E-state index in [1.165, 1.54) is 6.38 Å². The molecule has 2 aromatic rings. The molecule has 0 amide bonds. The van der Waals surface area contributed by atoms with E-state index in [0.717, 1.165) is 14.7 Å². The highest BCUT2D eigenvalue weighted by molar-refractivity contribution is 14.1. The molecule has 184 valence electrons. The first-order chi connectivity index (χ1) is 13.3. The molecule has 32 heavy (non-hydrogen) atoms. The van der Waals surface area contributed by atoms with Crippen LogP contribution in [0, 0.1) is 3.57 Å². The van der Waals surface area contributed by atoms with E-state index in [1.807, 2.05) is 53.7 Å². The third-order valence-electron chi connectivity index (χ3n) is 4.04. The first-order valence-corrected chi connectivity index (χ1v) is 10.8. The number of phenolic OH excluding ortho intramolecular Hbond substituents is 2. The Morgan fingerprint density at radius 3 is 1.53 bits per heavy atom. The molecule has 2 aromatic carbocycles. The number of carbonyl (C=O) groups is 2. The molecule has 0 aliphatic rings. The van der Waals surface area contributed by atoms with Crippen molar-refractivity contribution in [2.75, 3.05) is 6.38 Å². The molecule has 2 N–H and O–H groups in total. The van der Waals surface area contributed by atoms with E-state index >= 15 is 0 Å². The Morgan fingerprint density at radius 2 is 1.16 bits per heavy atom. The number of alkyl halides is 1. The van der Waals surface area contributed by atoms with Gasteiger partial charge in [0.1, 0.15) is 11.5 Å². The number of para-hydroxylation sites is 1. The van der Waals surface area contributed by atoms with Crippen molar-refractivity contribution < 1.29 is 19.8 Å². The van der Waals surface area contributed by atoms with E-state index in [-0.39, 0.29) is 44.6 Å². The molecule has 0 radical (unpaired) electrons. The summed E-state index contributed by atoms with van der Waals surface area (Å²) in [6.45, 7) is 12.0. The van der Waals surface area contributed by atoms with Gasteiger partial charge in [-0.25, -0.2) is 0 Å². The van der Waals surface area contributed by atoms with E-state index in [9.17, 15) is 19.8 Å². The Kier molecular flexibility index (Phi) is 18.9. The van der Waals surface area contributed by atoms with Crippen LogP contribution in [0.25, 0.3) is 0 Å². The SMILES string of the molecule is C.C.C.CC(C)(C)c1cc(I)cc(C=O)c1O.CC(C)(C)c1cccc(C=O)c1O.CCl. The average molecular weight is 581 g/mol. The number of carbonyl (C=O) groups excluding carboxylic acids is 2. The van der Waals surface area contributed by atoms with E-state index in [0.29, 0.717) is 23.7 Å². The van der Waals surface area contributed by atoms with Crippen LogP contribution in [-0.4, -0.2) is 29.2 Å². The second-order valence-electron chi connectivity index (χ2n) is 8.37. The quantitative estimate of drug-likeness (QED) is 0.213. The van der Waals surface area contributed by atoms with Gasteiger partial charge in [-0.05, 0) is 57.2 Å². The molecule has 0 saturated carbocycles.